The van der Waals surface area contributed by atoms with Crippen LogP contribution in [0.15, 0.2) is 36.4 Å². The van der Waals surface area contributed by atoms with Crippen molar-refractivity contribution in [3.8, 4) is 0 Å². The lowest BCUT2D eigenvalue weighted by Gasteiger charge is -2.26. The summed E-state index contributed by atoms with van der Waals surface area (Å²) in [5.74, 6) is -0.0268. The fourth-order valence-electron chi connectivity index (χ4n) is 4.49. The molecule has 1 fully saturated rings. The van der Waals surface area contributed by atoms with Crippen LogP contribution in [0.4, 0.5) is 4.39 Å². The molecule has 0 N–H and O–H groups in total. The molecule has 1 amide bonds. The van der Waals surface area contributed by atoms with Crippen molar-refractivity contribution >= 4 is 40.1 Å². The average molecular weight is 462 g/mol. The summed E-state index contributed by atoms with van der Waals surface area (Å²) in [6, 6.07) is 10.3. The van der Waals surface area contributed by atoms with Crippen molar-refractivity contribution in [3.05, 3.63) is 63.6 Å². The van der Waals surface area contributed by atoms with Gasteiger partial charge in [-0.05, 0) is 49.1 Å². The number of imidazole rings is 1. The Balaban J connectivity index is 1.77. The van der Waals surface area contributed by atoms with Crippen molar-refractivity contribution in [1.82, 2.24) is 14.5 Å². The summed E-state index contributed by atoms with van der Waals surface area (Å²) in [5.41, 5.74) is 1.75. The Morgan fingerprint density at radius 3 is 2.65 bits per heavy atom. The van der Waals surface area contributed by atoms with Crippen LogP contribution in [-0.2, 0) is 6.54 Å². The summed E-state index contributed by atoms with van der Waals surface area (Å²) in [6.45, 7) is 4.81. The number of hydrogen-bond acceptors (Lipinski definition) is 2. The second kappa shape index (κ2) is 9.17. The van der Waals surface area contributed by atoms with Crippen LogP contribution in [-0.4, -0.2) is 26.9 Å². The summed E-state index contributed by atoms with van der Waals surface area (Å²) in [5, 5.41) is 0.779. The molecule has 2 aromatic carbocycles. The SMILES string of the molecule is CC(C)CN(Cc1nc2ccc(Cl)cc2n1C1CCCC1)C(=O)c1c(F)cccc1Cl. The van der Waals surface area contributed by atoms with Crippen LogP contribution < -0.4 is 0 Å². The summed E-state index contributed by atoms with van der Waals surface area (Å²) in [4.78, 5) is 19.9. The van der Waals surface area contributed by atoms with Crippen molar-refractivity contribution in [2.24, 2.45) is 5.92 Å². The Morgan fingerprint density at radius 2 is 1.97 bits per heavy atom. The molecule has 0 bridgehead atoms. The van der Waals surface area contributed by atoms with E-state index in [0.717, 1.165) is 29.7 Å². The molecule has 0 spiro atoms. The summed E-state index contributed by atoms with van der Waals surface area (Å²) < 4.78 is 16.7. The molecule has 1 saturated carbocycles. The summed E-state index contributed by atoms with van der Waals surface area (Å²) >= 11 is 12.5. The number of halogens is 3. The van der Waals surface area contributed by atoms with E-state index in [0.29, 0.717) is 17.6 Å². The van der Waals surface area contributed by atoms with Gasteiger partial charge in [-0.1, -0.05) is 56.0 Å². The number of fused-ring (bicyclic) bond motifs is 1. The molecule has 0 radical (unpaired) electrons. The number of carbonyl (C=O) groups excluding carboxylic acids is 1. The Labute approximate surface area is 192 Å². The Morgan fingerprint density at radius 1 is 1.23 bits per heavy atom. The maximum atomic E-state index is 14.5. The van der Waals surface area contributed by atoms with E-state index in [2.05, 4.69) is 4.57 Å². The van der Waals surface area contributed by atoms with Crippen molar-refractivity contribution < 1.29 is 9.18 Å². The monoisotopic (exact) mass is 461 g/mol. The second-order valence-electron chi connectivity index (χ2n) is 8.65. The zero-order valence-electron chi connectivity index (χ0n) is 17.7. The van der Waals surface area contributed by atoms with Gasteiger partial charge in [-0.3, -0.25) is 4.79 Å². The van der Waals surface area contributed by atoms with Gasteiger partial charge < -0.3 is 9.47 Å². The highest BCUT2D eigenvalue weighted by atomic mass is 35.5. The number of benzene rings is 2. The normalized spacial score (nSPS) is 14.6. The van der Waals surface area contributed by atoms with Crippen LogP contribution in [0.3, 0.4) is 0 Å². The maximum absolute atomic E-state index is 14.5. The lowest BCUT2D eigenvalue weighted by atomic mass is 10.1. The molecule has 1 aliphatic carbocycles. The lowest BCUT2D eigenvalue weighted by Crippen LogP contribution is -2.35. The lowest BCUT2D eigenvalue weighted by molar-refractivity contribution is 0.0710. The van der Waals surface area contributed by atoms with E-state index in [1.807, 2.05) is 32.0 Å². The van der Waals surface area contributed by atoms with E-state index >= 15 is 0 Å². The fourth-order valence-corrected chi connectivity index (χ4v) is 4.90. The van der Waals surface area contributed by atoms with E-state index in [1.165, 1.54) is 25.0 Å². The largest absolute Gasteiger partial charge is 0.331 e. The fraction of sp³-hybridized carbons (Fsp3) is 0.417. The first kappa shape index (κ1) is 22.1. The van der Waals surface area contributed by atoms with Gasteiger partial charge in [-0.15, -0.1) is 0 Å². The highest BCUT2D eigenvalue weighted by molar-refractivity contribution is 6.33. The third-order valence-electron chi connectivity index (χ3n) is 5.80. The van der Waals surface area contributed by atoms with E-state index in [1.54, 1.807) is 11.0 Å². The van der Waals surface area contributed by atoms with E-state index in [9.17, 15) is 9.18 Å². The van der Waals surface area contributed by atoms with Gasteiger partial charge >= 0.3 is 0 Å². The molecule has 164 valence electrons. The highest BCUT2D eigenvalue weighted by Crippen LogP contribution is 2.35. The van der Waals surface area contributed by atoms with Gasteiger partial charge in [0.05, 0.1) is 28.2 Å². The minimum atomic E-state index is -0.609. The number of nitrogens with zero attached hydrogens (tertiary/aromatic N) is 3. The van der Waals surface area contributed by atoms with Crippen LogP contribution in [0.5, 0.6) is 0 Å². The van der Waals surface area contributed by atoms with E-state index in [4.69, 9.17) is 28.2 Å². The molecule has 0 aliphatic heterocycles. The molecule has 0 atom stereocenters. The van der Waals surface area contributed by atoms with Gasteiger partial charge in [0.1, 0.15) is 11.6 Å². The van der Waals surface area contributed by atoms with E-state index < -0.39 is 11.7 Å². The first-order chi connectivity index (χ1) is 14.8. The van der Waals surface area contributed by atoms with Crippen LogP contribution >= 0.6 is 23.2 Å². The van der Waals surface area contributed by atoms with Gasteiger partial charge in [0.2, 0.25) is 0 Å². The van der Waals surface area contributed by atoms with Crippen LogP contribution in [0.25, 0.3) is 11.0 Å². The smallest absolute Gasteiger partial charge is 0.258 e. The van der Waals surface area contributed by atoms with Gasteiger partial charge in [0, 0.05) is 17.6 Å². The molecular weight excluding hydrogens is 436 g/mol. The van der Waals surface area contributed by atoms with Gasteiger partial charge in [0.15, 0.2) is 0 Å². The molecule has 31 heavy (non-hydrogen) atoms. The minimum Gasteiger partial charge on any atom is -0.331 e. The molecule has 7 heteroatoms. The first-order valence-corrected chi connectivity index (χ1v) is 11.5. The maximum Gasteiger partial charge on any atom is 0.258 e. The van der Waals surface area contributed by atoms with Crippen molar-refractivity contribution in [2.45, 2.75) is 52.1 Å². The number of carbonyl (C=O) groups is 1. The molecule has 0 unspecified atom stereocenters. The van der Waals surface area contributed by atoms with Crippen molar-refractivity contribution in [2.75, 3.05) is 6.54 Å². The van der Waals surface area contributed by atoms with Crippen LogP contribution in [0.2, 0.25) is 10.0 Å². The number of aromatic nitrogens is 2. The van der Waals surface area contributed by atoms with Crippen molar-refractivity contribution in [3.63, 3.8) is 0 Å². The molecule has 1 heterocycles. The standard InChI is InChI=1S/C24H26Cl2FN3O/c1-15(2)13-29(24(31)23-18(26)8-5-9-19(23)27)14-22-28-20-11-10-16(25)12-21(20)30(22)17-6-3-4-7-17/h5,8-12,15,17H,3-4,6-7,13-14H2,1-2H3. The number of hydrogen-bond donors (Lipinski definition) is 0. The zero-order chi connectivity index (χ0) is 22.1. The predicted octanol–water partition coefficient (Wildman–Crippen LogP) is 6.90. The van der Waals surface area contributed by atoms with E-state index in [-0.39, 0.29) is 23.0 Å². The number of rotatable bonds is 6. The molecule has 4 rings (SSSR count). The molecule has 0 saturated heterocycles. The topological polar surface area (TPSA) is 38.1 Å². The van der Waals surface area contributed by atoms with Gasteiger partial charge in [-0.25, -0.2) is 9.37 Å². The van der Waals surface area contributed by atoms with Gasteiger partial charge in [0.25, 0.3) is 5.91 Å². The third-order valence-corrected chi connectivity index (χ3v) is 6.35. The highest BCUT2D eigenvalue weighted by Gasteiger charge is 2.28. The van der Waals surface area contributed by atoms with Crippen molar-refractivity contribution in [1.29, 1.82) is 0 Å². The molecule has 1 aliphatic rings. The van der Waals surface area contributed by atoms with Crippen LogP contribution in [0, 0.1) is 11.7 Å². The third kappa shape index (κ3) is 4.58. The summed E-state index contributed by atoms with van der Waals surface area (Å²) in [7, 11) is 0. The average Bonchev–Trinajstić information content (AvgIpc) is 3.34. The Kier molecular flexibility index (Phi) is 6.54. The molecular formula is C24H26Cl2FN3O. The zero-order valence-corrected chi connectivity index (χ0v) is 19.3. The van der Waals surface area contributed by atoms with Crippen LogP contribution in [0.1, 0.15) is 61.8 Å². The molecule has 3 aromatic rings. The quantitative estimate of drug-likeness (QED) is 0.400. The molecule has 4 nitrogen and oxygen atoms in total. The van der Waals surface area contributed by atoms with Gasteiger partial charge in [-0.2, -0.15) is 0 Å². The number of amides is 1. The molecule has 1 aromatic heterocycles. The second-order valence-corrected chi connectivity index (χ2v) is 9.49. The Bertz CT molecular complexity index is 1090. The Hall–Kier alpha value is -2.11. The minimum absolute atomic E-state index is 0.0867. The summed E-state index contributed by atoms with van der Waals surface area (Å²) in [6.07, 6.45) is 4.48. The predicted molar refractivity (Wildman–Crippen MR) is 123 cm³/mol. The first-order valence-electron chi connectivity index (χ1n) is 10.7.